The lowest BCUT2D eigenvalue weighted by Gasteiger charge is -2.17. The Hall–Kier alpha value is -1.62. The number of carbonyl (C=O) groups is 2. The predicted molar refractivity (Wildman–Crippen MR) is 74.0 cm³/mol. The fraction of sp³-hybridized carbons (Fsp3) is 0.429. The van der Waals surface area contributed by atoms with Gasteiger partial charge in [-0.3, -0.25) is 9.69 Å². The summed E-state index contributed by atoms with van der Waals surface area (Å²) in [5, 5.41) is 2.73. The first kappa shape index (κ1) is 13.8. The van der Waals surface area contributed by atoms with Crippen LogP contribution in [0.15, 0.2) is 30.3 Å². The van der Waals surface area contributed by atoms with Crippen molar-refractivity contribution in [1.82, 2.24) is 10.2 Å². The second kappa shape index (κ2) is 6.52. The van der Waals surface area contributed by atoms with Gasteiger partial charge in [0.25, 0.3) is 0 Å². The number of aldehydes is 1. The summed E-state index contributed by atoms with van der Waals surface area (Å²) in [5.74, 6) is -0.379. The van der Waals surface area contributed by atoms with E-state index in [9.17, 15) is 9.59 Å². The quantitative estimate of drug-likeness (QED) is 0.630. The van der Waals surface area contributed by atoms with Gasteiger partial charge in [0, 0.05) is 32.1 Å². The van der Waals surface area contributed by atoms with Gasteiger partial charge in [0.2, 0.25) is 7.85 Å². The molecule has 1 aromatic carbocycles. The SMILES string of the molecule is [B]C(=O)NC1CN(Cc2ccccc2)CC1CC=O. The molecule has 1 fully saturated rings. The van der Waals surface area contributed by atoms with Gasteiger partial charge in [-0.25, -0.2) is 0 Å². The van der Waals surface area contributed by atoms with Crippen LogP contribution in [0, 0.1) is 5.92 Å². The zero-order valence-corrected chi connectivity index (χ0v) is 10.8. The molecule has 1 saturated heterocycles. The Morgan fingerprint density at radius 2 is 2.11 bits per heavy atom. The first-order chi connectivity index (χ1) is 9.19. The van der Waals surface area contributed by atoms with E-state index in [1.54, 1.807) is 0 Å². The Morgan fingerprint density at radius 3 is 2.74 bits per heavy atom. The summed E-state index contributed by atoms with van der Waals surface area (Å²) in [6, 6.07) is 10.1. The molecule has 2 radical (unpaired) electrons. The summed E-state index contributed by atoms with van der Waals surface area (Å²) < 4.78 is 0. The highest BCUT2D eigenvalue weighted by molar-refractivity contribution is 6.57. The summed E-state index contributed by atoms with van der Waals surface area (Å²) in [4.78, 5) is 23.9. The van der Waals surface area contributed by atoms with Crippen molar-refractivity contribution in [3.8, 4) is 0 Å². The fourth-order valence-corrected chi connectivity index (χ4v) is 2.64. The van der Waals surface area contributed by atoms with E-state index in [4.69, 9.17) is 7.85 Å². The predicted octanol–water partition coefficient (Wildman–Crippen LogP) is 0.954. The van der Waals surface area contributed by atoms with E-state index in [1.165, 1.54) is 5.56 Å². The highest BCUT2D eigenvalue weighted by Gasteiger charge is 2.32. The van der Waals surface area contributed by atoms with Gasteiger partial charge < -0.3 is 10.1 Å². The minimum Gasteiger partial charge on any atom is -0.362 e. The van der Waals surface area contributed by atoms with E-state index in [1.807, 2.05) is 18.2 Å². The number of rotatable bonds is 5. The van der Waals surface area contributed by atoms with Crippen LogP contribution in [0.5, 0.6) is 0 Å². The molecule has 19 heavy (non-hydrogen) atoms. The lowest BCUT2D eigenvalue weighted by Crippen LogP contribution is -2.40. The summed E-state index contributed by atoms with van der Waals surface area (Å²) >= 11 is 0. The van der Waals surface area contributed by atoms with Gasteiger partial charge in [-0.1, -0.05) is 30.3 Å². The number of benzene rings is 1. The summed E-state index contributed by atoms with van der Waals surface area (Å²) in [6.07, 6.45) is 1.36. The molecule has 0 aliphatic carbocycles. The van der Waals surface area contributed by atoms with Crippen LogP contribution in [0.2, 0.25) is 0 Å². The fourth-order valence-electron chi connectivity index (χ4n) is 2.64. The summed E-state index contributed by atoms with van der Waals surface area (Å²) in [6.45, 7) is 2.36. The molecule has 0 bridgehead atoms. The van der Waals surface area contributed by atoms with E-state index in [2.05, 4.69) is 22.3 Å². The van der Waals surface area contributed by atoms with Crippen molar-refractivity contribution in [3.05, 3.63) is 35.9 Å². The van der Waals surface area contributed by atoms with Crippen molar-refractivity contribution in [3.63, 3.8) is 0 Å². The number of likely N-dealkylation sites (tertiary alicyclic amines) is 1. The van der Waals surface area contributed by atoms with Gasteiger partial charge in [0.1, 0.15) is 6.29 Å². The maximum absolute atomic E-state index is 11.0. The molecular weight excluding hydrogens is 239 g/mol. The smallest absolute Gasteiger partial charge is 0.200 e. The standard InChI is InChI=1S/C14H17BN2O2/c15-14(19)16-13-10-17(9-12(13)6-7-18)8-11-4-2-1-3-5-11/h1-5,7,12-13H,6,8-10H2,(H,16,19). The third kappa shape index (κ3) is 3.93. The molecule has 0 saturated carbocycles. The Bertz CT molecular complexity index is 438. The van der Waals surface area contributed by atoms with E-state index in [-0.39, 0.29) is 12.0 Å². The van der Waals surface area contributed by atoms with E-state index in [0.717, 1.165) is 25.9 Å². The molecule has 2 atom stereocenters. The first-order valence-corrected chi connectivity index (χ1v) is 6.45. The van der Waals surface area contributed by atoms with Crippen molar-refractivity contribution in [2.45, 2.75) is 19.0 Å². The second-order valence-corrected chi connectivity index (χ2v) is 4.96. The average molecular weight is 256 g/mol. The number of nitrogens with one attached hydrogen (secondary N) is 1. The molecule has 1 N–H and O–H groups in total. The van der Waals surface area contributed by atoms with Gasteiger partial charge in [0.15, 0.2) is 5.81 Å². The van der Waals surface area contributed by atoms with Crippen LogP contribution < -0.4 is 5.32 Å². The lowest BCUT2D eigenvalue weighted by atomic mass is 9.99. The second-order valence-electron chi connectivity index (χ2n) is 4.96. The van der Waals surface area contributed by atoms with Crippen molar-refractivity contribution in [2.75, 3.05) is 13.1 Å². The number of amides is 1. The van der Waals surface area contributed by atoms with Crippen molar-refractivity contribution >= 4 is 19.9 Å². The van der Waals surface area contributed by atoms with Crippen LogP contribution in [-0.4, -0.2) is 44.0 Å². The Kier molecular flexibility index (Phi) is 4.74. The van der Waals surface area contributed by atoms with Gasteiger partial charge >= 0.3 is 0 Å². The molecule has 1 amide bonds. The van der Waals surface area contributed by atoms with E-state index >= 15 is 0 Å². The zero-order valence-electron chi connectivity index (χ0n) is 10.8. The minimum atomic E-state index is -0.525. The topological polar surface area (TPSA) is 49.4 Å². The normalized spacial score (nSPS) is 23.2. The van der Waals surface area contributed by atoms with E-state index in [0.29, 0.717) is 6.42 Å². The lowest BCUT2D eigenvalue weighted by molar-refractivity contribution is -0.108. The van der Waals surface area contributed by atoms with Gasteiger partial charge in [-0.2, -0.15) is 0 Å². The number of hydrogen-bond donors (Lipinski definition) is 1. The van der Waals surface area contributed by atoms with Crippen LogP contribution in [0.25, 0.3) is 0 Å². The molecule has 2 unspecified atom stereocenters. The number of hydrogen-bond acceptors (Lipinski definition) is 3. The molecule has 0 spiro atoms. The maximum atomic E-state index is 11.0. The summed E-state index contributed by atoms with van der Waals surface area (Å²) in [5.41, 5.74) is 1.23. The van der Waals surface area contributed by atoms with Crippen LogP contribution in [0.3, 0.4) is 0 Å². The molecule has 1 aliphatic rings. The van der Waals surface area contributed by atoms with Crippen LogP contribution in [0.1, 0.15) is 12.0 Å². The Balaban J connectivity index is 1.97. The van der Waals surface area contributed by atoms with Crippen LogP contribution >= 0.6 is 0 Å². The molecule has 5 heteroatoms. The third-order valence-corrected chi connectivity index (χ3v) is 3.49. The van der Waals surface area contributed by atoms with Crippen molar-refractivity contribution < 1.29 is 9.59 Å². The molecule has 0 aromatic heterocycles. The van der Waals surface area contributed by atoms with Gasteiger partial charge in [0.05, 0.1) is 0 Å². The van der Waals surface area contributed by atoms with Crippen LogP contribution in [0.4, 0.5) is 4.79 Å². The van der Waals surface area contributed by atoms with Crippen molar-refractivity contribution in [1.29, 1.82) is 0 Å². The minimum absolute atomic E-state index is 0.0357. The van der Waals surface area contributed by atoms with Gasteiger partial charge in [-0.15, -0.1) is 0 Å². The molecule has 1 heterocycles. The molecule has 1 aliphatic heterocycles. The Labute approximate surface area is 114 Å². The monoisotopic (exact) mass is 256 g/mol. The summed E-state index contributed by atoms with van der Waals surface area (Å²) in [7, 11) is 5.17. The number of carbonyl (C=O) groups excluding carboxylic acids is 2. The number of nitrogens with zero attached hydrogens (tertiary/aromatic N) is 1. The largest absolute Gasteiger partial charge is 0.362 e. The third-order valence-electron chi connectivity index (χ3n) is 3.49. The Morgan fingerprint density at radius 1 is 1.37 bits per heavy atom. The molecule has 4 nitrogen and oxygen atoms in total. The first-order valence-electron chi connectivity index (χ1n) is 6.45. The molecule has 98 valence electrons. The molecule has 2 rings (SSSR count). The highest BCUT2D eigenvalue weighted by atomic mass is 16.1. The average Bonchev–Trinajstić information content (AvgIpc) is 2.72. The van der Waals surface area contributed by atoms with Crippen molar-refractivity contribution in [2.24, 2.45) is 5.92 Å². The maximum Gasteiger partial charge on any atom is 0.200 e. The van der Waals surface area contributed by atoms with Gasteiger partial charge in [-0.05, 0) is 11.5 Å². The molecule has 1 aromatic rings. The highest BCUT2D eigenvalue weighted by Crippen LogP contribution is 2.21. The zero-order chi connectivity index (χ0) is 13.7. The van der Waals surface area contributed by atoms with Crippen LogP contribution in [-0.2, 0) is 11.3 Å². The molecular formula is C14H17BN2O2. The van der Waals surface area contributed by atoms with E-state index < -0.39 is 5.81 Å².